The Hall–Kier alpha value is -0.590. The van der Waals surface area contributed by atoms with Crippen molar-refractivity contribution >= 4 is 5.78 Å². The lowest BCUT2D eigenvalue weighted by molar-refractivity contribution is -0.114. The first-order chi connectivity index (χ1) is 8.70. The Labute approximate surface area is 114 Å². The van der Waals surface area contributed by atoms with E-state index in [1.54, 1.807) is 6.08 Å². The number of hydrogen-bond acceptors (Lipinski definition) is 1. The summed E-state index contributed by atoms with van der Waals surface area (Å²) in [6.45, 7) is 6.54. The fraction of sp³-hybridized carbons (Fsp3) is 0.824. The monoisotopic (exact) mass is 252 g/mol. The number of ketones is 1. The lowest BCUT2D eigenvalue weighted by atomic mass is 10.00. The van der Waals surface area contributed by atoms with Crippen LogP contribution in [-0.4, -0.2) is 5.78 Å². The predicted molar refractivity (Wildman–Crippen MR) is 80.8 cm³/mol. The smallest absolute Gasteiger partial charge is 0.155 e. The van der Waals surface area contributed by atoms with E-state index in [0.29, 0.717) is 6.42 Å². The second-order valence-corrected chi connectivity index (χ2v) is 5.43. The third-order valence-corrected chi connectivity index (χ3v) is 3.67. The van der Waals surface area contributed by atoms with Gasteiger partial charge in [0.2, 0.25) is 0 Å². The molecule has 0 aromatic heterocycles. The maximum absolute atomic E-state index is 11.0. The van der Waals surface area contributed by atoms with Gasteiger partial charge in [0.25, 0.3) is 0 Å². The molecule has 18 heavy (non-hydrogen) atoms. The van der Waals surface area contributed by atoms with Crippen molar-refractivity contribution in [1.29, 1.82) is 0 Å². The van der Waals surface area contributed by atoms with Crippen LogP contribution in [0.1, 0.15) is 85.0 Å². The van der Waals surface area contributed by atoms with Crippen molar-refractivity contribution in [2.24, 2.45) is 5.92 Å². The molecule has 1 nitrogen and oxygen atoms in total. The minimum atomic E-state index is 0.250. The van der Waals surface area contributed by atoms with E-state index in [4.69, 9.17) is 0 Å². The third-order valence-electron chi connectivity index (χ3n) is 3.67. The molecule has 0 saturated heterocycles. The molecule has 106 valence electrons. The minimum absolute atomic E-state index is 0.250. The summed E-state index contributed by atoms with van der Waals surface area (Å²) in [7, 11) is 0. The van der Waals surface area contributed by atoms with Crippen LogP contribution in [0.5, 0.6) is 0 Å². The van der Waals surface area contributed by atoms with E-state index in [0.717, 1.165) is 12.3 Å². The number of allylic oxidation sites excluding steroid dienone is 2. The molecule has 0 radical (unpaired) electrons. The number of carbonyl (C=O) groups excluding carboxylic acids is 1. The fourth-order valence-electron chi connectivity index (χ4n) is 2.00. The van der Waals surface area contributed by atoms with Crippen molar-refractivity contribution in [2.45, 2.75) is 85.0 Å². The SMILES string of the molecule is CCC(=O)/C=C\CCCCCCCCC(C)CC. The first-order valence-corrected chi connectivity index (χ1v) is 7.90. The summed E-state index contributed by atoms with van der Waals surface area (Å²) in [5.74, 6) is 1.16. The molecule has 1 heteroatoms. The molecule has 1 unspecified atom stereocenters. The number of rotatable bonds is 12. The molecule has 0 aliphatic rings. The van der Waals surface area contributed by atoms with E-state index in [2.05, 4.69) is 13.8 Å². The van der Waals surface area contributed by atoms with Crippen LogP contribution in [0.15, 0.2) is 12.2 Å². The molecule has 0 aliphatic heterocycles. The van der Waals surface area contributed by atoms with Crippen molar-refractivity contribution in [1.82, 2.24) is 0 Å². The van der Waals surface area contributed by atoms with Crippen LogP contribution in [0, 0.1) is 5.92 Å². The molecule has 1 atom stereocenters. The van der Waals surface area contributed by atoms with Crippen LogP contribution in [0.2, 0.25) is 0 Å². The van der Waals surface area contributed by atoms with Gasteiger partial charge in [-0.25, -0.2) is 0 Å². The largest absolute Gasteiger partial charge is 0.295 e. The molecule has 0 spiro atoms. The number of unbranched alkanes of at least 4 members (excludes halogenated alkanes) is 6. The average molecular weight is 252 g/mol. The van der Waals surface area contributed by atoms with Crippen molar-refractivity contribution in [2.75, 3.05) is 0 Å². The Morgan fingerprint density at radius 1 is 1.00 bits per heavy atom. The van der Waals surface area contributed by atoms with E-state index in [1.807, 2.05) is 13.0 Å². The lowest BCUT2D eigenvalue weighted by Crippen LogP contribution is -1.91. The number of hydrogen-bond donors (Lipinski definition) is 0. The van der Waals surface area contributed by atoms with Gasteiger partial charge in [-0.15, -0.1) is 0 Å². The van der Waals surface area contributed by atoms with E-state index < -0.39 is 0 Å². The molecule has 0 bridgehead atoms. The van der Waals surface area contributed by atoms with E-state index >= 15 is 0 Å². The standard InChI is InChI=1S/C17H32O/c1-4-16(3)14-12-10-8-6-7-9-11-13-15-17(18)5-2/h13,15-16H,4-12,14H2,1-3H3/b15-13-. The van der Waals surface area contributed by atoms with Gasteiger partial charge in [0.1, 0.15) is 0 Å². The van der Waals surface area contributed by atoms with Gasteiger partial charge in [0, 0.05) is 6.42 Å². The molecule has 0 aromatic rings. The molecular weight excluding hydrogens is 220 g/mol. The Kier molecular flexibility index (Phi) is 12.4. The van der Waals surface area contributed by atoms with Crippen LogP contribution in [-0.2, 0) is 4.79 Å². The third kappa shape index (κ3) is 11.9. The summed E-state index contributed by atoms with van der Waals surface area (Å²) >= 11 is 0. The number of carbonyl (C=O) groups is 1. The topological polar surface area (TPSA) is 17.1 Å². The molecule has 0 fully saturated rings. The van der Waals surface area contributed by atoms with Crippen molar-refractivity contribution in [3.63, 3.8) is 0 Å². The Morgan fingerprint density at radius 3 is 2.22 bits per heavy atom. The highest BCUT2D eigenvalue weighted by Crippen LogP contribution is 2.14. The van der Waals surface area contributed by atoms with Crippen LogP contribution < -0.4 is 0 Å². The summed E-state index contributed by atoms with van der Waals surface area (Å²) in [6, 6.07) is 0. The molecule has 0 heterocycles. The van der Waals surface area contributed by atoms with E-state index in [9.17, 15) is 4.79 Å². The predicted octanol–water partition coefficient (Wildman–Crippen LogP) is 5.69. The zero-order chi connectivity index (χ0) is 13.6. The highest BCUT2D eigenvalue weighted by Gasteiger charge is 1.97. The summed E-state index contributed by atoms with van der Waals surface area (Å²) in [5.41, 5.74) is 0. The molecule has 0 saturated carbocycles. The van der Waals surface area contributed by atoms with Crippen molar-refractivity contribution in [3.8, 4) is 0 Å². The molecular formula is C17H32O. The maximum Gasteiger partial charge on any atom is 0.155 e. The van der Waals surface area contributed by atoms with Crippen LogP contribution in [0.3, 0.4) is 0 Å². The van der Waals surface area contributed by atoms with Gasteiger partial charge in [-0.05, 0) is 24.8 Å². The lowest BCUT2D eigenvalue weighted by Gasteiger charge is -2.07. The van der Waals surface area contributed by atoms with Crippen molar-refractivity contribution in [3.05, 3.63) is 12.2 Å². The zero-order valence-electron chi connectivity index (χ0n) is 12.7. The summed E-state index contributed by atoms with van der Waals surface area (Å²) in [5, 5.41) is 0. The van der Waals surface area contributed by atoms with E-state index in [1.165, 1.54) is 51.4 Å². The second-order valence-electron chi connectivity index (χ2n) is 5.43. The summed E-state index contributed by atoms with van der Waals surface area (Å²) in [4.78, 5) is 11.0. The van der Waals surface area contributed by atoms with Gasteiger partial charge >= 0.3 is 0 Å². The average Bonchev–Trinajstić information content (AvgIpc) is 2.40. The van der Waals surface area contributed by atoms with Gasteiger partial charge in [0.05, 0.1) is 0 Å². The summed E-state index contributed by atoms with van der Waals surface area (Å²) in [6.07, 6.45) is 16.3. The van der Waals surface area contributed by atoms with Gasteiger partial charge in [-0.1, -0.05) is 71.8 Å². The summed E-state index contributed by atoms with van der Waals surface area (Å²) < 4.78 is 0. The Bertz CT molecular complexity index is 218. The Balaban J connectivity index is 3.17. The first kappa shape index (κ1) is 17.4. The molecule has 0 N–H and O–H groups in total. The van der Waals surface area contributed by atoms with Gasteiger partial charge in [0.15, 0.2) is 5.78 Å². The van der Waals surface area contributed by atoms with Gasteiger partial charge in [-0.2, -0.15) is 0 Å². The van der Waals surface area contributed by atoms with E-state index in [-0.39, 0.29) is 5.78 Å². The highest BCUT2D eigenvalue weighted by atomic mass is 16.1. The minimum Gasteiger partial charge on any atom is -0.295 e. The first-order valence-electron chi connectivity index (χ1n) is 7.90. The van der Waals surface area contributed by atoms with Crippen LogP contribution >= 0.6 is 0 Å². The van der Waals surface area contributed by atoms with Gasteiger partial charge in [-0.3, -0.25) is 4.79 Å². The Morgan fingerprint density at radius 2 is 1.61 bits per heavy atom. The second kappa shape index (κ2) is 12.9. The fourth-order valence-corrected chi connectivity index (χ4v) is 2.00. The molecule has 0 rings (SSSR count). The van der Waals surface area contributed by atoms with Crippen LogP contribution in [0.4, 0.5) is 0 Å². The molecule has 0 aromatic carbocycles. The van der Waals surface area contributed by atoms with Crippen LogP contribution in [0.25, 0.3) is 0 Å². The molecule has 0 amide bonds. The maximum atomic E-state index is 11.0. The van der Waals surface area contributed by atoms with Gasteiger partial charge < -0.3 is 0 Å². The normalized spacial score (nSPS) is 13.1. The zero-order valence-corrected chi connectivity index (χ0v) is 12.7. The quantitative estimate of drug-likeness (QED) is 0.322. The van der Waals surface area contributed by atoms with Crippen molar-refractivity contribution < 1.29 is 4.79 Å². The highest BCUT2D eigenvalue weighted by molar-refractivity contribution is 5.89. The molecule has 0 aliphatic carbocycles.